The lowest BCUT2D eigenvalue weighted by atomic mass is 10.1. The Balaban J connectivity index is 1.73. The molecule has 3 rings (SSSR count). The molecular weight excluding hydrogens is 343 g/mol. The molecule has 0 radical (unpaired) electrons. The fraction of sp³-hybridized carbons (Fsp3) is 0.312. The Morgan fingerprint density at radius 1 is 1.17 bits per heavy atom. The van der Waals surface area contributed by atoms with Gasteiger partial charge in [0.1, 0.15) is 5.37 Å². The highest BCUT2D eigenvalue weighted by Crippen LogP contribution is 2.39. The van der Waals surface area contributed by atoms with Gasteiger partial charge in [0, 0.05) is 11.4 Å². The van der Waals surface area contributed by atoms with Gasteiger partial charge in [0.25, 0.3) is 0 Å². The summed E-state index contributed by atoms with van der Waals surface area (Å²) in [4.78, 5) is 15.0. The number of thioether (sulfide) groups is 1. The van der Waals surface area contributed by atoms with Gasteiger partial charge in [-0.3, -0.25) is 4.79 Å². The molecule has 1 aliphatic heterocycles. The van der Waals surface area contributed by atoms with Crippen molar-refractivity contribution in [3.8, 4) is 0 Å². The number of nitrogens with zero attached hydrogens (tertiary/aromatic N) is 1. The maximum Gasteiger partial charge on any atom is 0.416 e. The van der Waals surface area contributed by atoms with E-state index >= 15 is 0 Å². The smallest absolute Gasteiger partial charge is 0.325 e. The molecular formula is C16H14F3NOS2. The molecule has 1 aliphatic rings. The van der Waals surface area contributed by atoms with Gasteiger partial charge in [-0.05, 0) is 35.6 Å². The average Bonchev–Trinajstić information content (AvgIpc) is 3.14. The summed E-state index contributed by atoms with van der Waals surface area (Å²) >= 11 is 3.10. The minimum absolute atomic E-state index is 0.0384. The Kier molecular flexibility index (Phi) is 4.68. The van der Waals surface area contributed by atoms with Crippen LogP contribution in [0.15, 0.2) is 41.8 Å². The molecule has 0 spiro atoms. The van der Waals surface area contributed by atoms with Crippen molar-refractivity contribution < 1.29 is 18.0 Å². The molecule has 2 aromatic rings. The molecule has 0 N–H and O–H groups in total. The minimum Gasteiger partial charge on any atom is -0.325 e. The highest BCUT2D eigenvalue weighted by molar-refractivity contribution is 8.00. The predicted octanol–water partition coefficient (Wildman–Crippen LogP) is 4.58. The molecule has 2 heterocycles. The zero-order chi connectivity index (χ0) is 16.4. The first kappa shape index (κ1) is 16.4. The van der Waals surface area contributed by atoms with Gasteiger partial charge >= 0.3 is 6.18 Å². The normalized spacial score (nSPS) is 18.7. The van der Waals surface area contributed by atoms with Crippen molar-refractivity contribution in [2.45, 2.75) is 18.0 Å². The first-order chi connectivity index (χ1) is 10.9. The van der Waals surface area contributed by atoms with Crippen LogP contribution in [0.2, 0.25) is 0 Å². The molecule has 23 heavy (non-hydrogen) atoms. The molecule has 122 valence electrons. The lowest BCUT2D eigenvalue weighted by molar-refractivity contribution is -0.137. The summed E-state index contributed by atoms with van der Waals surface area (Å²) in [6.45, 7) is 0.581. The molecule has 0 saturated carbocycles. The molecule has 0 aliphatic carbocycles. The van der Waals surface area contributed by atoms with E-state index in [0.29, 0.717) is 12.3 Å². The number of amides is 1. The highest BCUT2D eigenvalue weighted by Gasteiger charge is 2.34. The maximum atomic E-state index is 12.6. The van der Waals surface area contributed by atoms with Gasteiger partial charge in [0.2, 0.25) is 5.91 Å². The van der Waals surface area contributed by atoms with Crippen LogP contribution in [0.1, 0.15) is 21.4 Å². The zero-order valence-electron chi connectivity index (χ0n) is 12.0. The number of hydrogen-bond acceptors (Lipinski definition) is 3. The van der Waals surface area contributed by atoms with Crippen LogP contribution in [0.25, 0.3) is 0 Å². The van der Waals surface area contributed by atoms with Crippen molar-refractivity contribution in [3.05, 3.63) is 57.8 Å². The third-order valence-electron chi connectivity index (χ3n) is 3.67. The number of alkyl halides is 3. The fourth-order valence-corrected chi connectivity index (χ4v) is 4.41. The number of carbonyl (C=O) groups is 1. The largest absolute Gasteiger partial charge is 0.416 e. The van der Waals surface area contributed by atoms with Crippen LogP contribution in [-0.2, 0) is 17.4 Å². The van der Waals surface area contributed by atoms with Gasteiger partial charge in [-0.1, -0.05) is 18.2 Å². The molecule has 1 saturated heterocycles. The minimum atomic E-state index is -4.34. The Morgan fingerprint density at radius 2 is 1.91 bits per heavy atom. The summed E-state index contributed by atoms with van der Waals surface area (Å²) in [6.07, 6.45) is -3.57. The van der Waals surface area contributed by atoms with Gasteiger partial charge in [-0.15, -0.1) is 23.1 Å². The quantitative estimate of drug-likeness (QED) is 0.798. The molecule has 1 fully saturated rings. The summed E-state index contributed by atoms with van der Waals surface area (Å²) in [5.74, 6) is 0.410. The Labute approximate surface area is 140 Å². The SMILES string of the molecule is O=C1CSC(c2ccc(C(F)(F)F)cc2)N1CCc1cccs1. The second-order valence-electron chi connectivity index (χ2n) is 5.20. The van der Waals surface area contributed by atoms with E-state index in [1.54, 1.807) is 16.2 Å². The van der Waals surface area contributed by atoms with Crippen molar-refractivity contribution in [1.82, 2.24) is 4.90 Å². The van der Waals surface area contributed by atoms with Gasteiger partial charge in [0.05, 0.1) is 11.3 Å². The van der Waals surface area contributed by atoms with Crippen LogP contribution in [0.5, 0.6) is 0 Å². The first-order valence-corrected chi connectivity index (χ1v) is 8.98. The highest BCUT2D eigenvalue weighted by atomic mass is 32.2. The number of halogens is 3. The van der Waals surface area contributed by atoms with Crippen LogP contribution in [-0.4, -0.2) is 23.1 Å². The van der Waals surface area contributed by atoms with Gasteiger partial charge in [0.15, 0.2) is 0 Å². The van der Waals surface area contributed by atoms with Crippen molar-refractivity contribution in [1.29, 1.82) is 0 Å². The number of thiophene rings is 1. The van der Waals surface area contributed by atoms with Crippen LogP contribution in [0.3, 0.4) is 0 Å². The van der Waals surface area contributed by atoms with Crippen molar-refractivity contribution in [3.63, 3.8) is 0 Å². The second-order valence-corrected chi connectivity index (χ2v) is 7.30. The van der Waals surface area contributed by atoms with E-state index < -0.39 is 11.7 Å². The second kappa shape index (κ2) is 6.57. The molecule has 1 aromatic heterocycles. The summed E-state index contributed by atoms with van der Waals surface area (Å²) < 4.78 is 37.9. The van der Waals surface area contributed by atoms with Crippen LogP contribution >= 0.6 is 23.1 Å². The third kappa shape index (κ3) is 3.72. The van der Waals surface area contributed by atoms with Crippen LogP contribution in [0, 0.1) is 0 Å². The predicted molar refractivity (Wildman–Crippen MR) is 86.4 cm³/mol. The van der Waals surface area contributed by atoms with Crippen molar-refractivity contribution in [2.24, 2.45) is 0 Å². The summed E-state index contributed by atoms with van der Waals surface area (Å²) in [6, 6.07) is 9.08. The molecule has 7 heteroatoms. The lowest BCUT2D eigenvalue weighted by Gasteiger charge is -2.24. The number of rotatable bonds is 4. The Bertz CT molecular complexity index is 668. The standard InChI is InChI=1S/C16H14F3NOS2/c17-16(18,19)12-5-3-11(4-6-12)15-20(14(21)10-23-15)8-7-13-2-1-9-22-13/h1-6,9,15H,7-8,10H2. The maximum absolute atomic E-state index is 12.6. The third-order valence-corrected chi connectivity index (χ3v) is 5.86. The number of benzene rings is 1. The van der Waals surface area contributed by atoms with Crippen LogP contribution in [0.4, 0.5) is 13.2 Å². The average molecular weight is 357 g/mol. The van der Waals surface area contributed by atoms with E-state index in [2.05, 4.69) is 0 Å². The molecule has 1 amide bonds. The topological polar surface area (TPSA) is 20.3 Å². The first-order valence-electron chi connectivity index (χ1n) is 7.06. The Hall–Kier alpha value is -1.47. The fourth-order valence-electron chi connectivity index (χ4n) is 2.49. The van der Waals surface area contributed by atoms with E-state index in [0.717, 1.165) is 24.1 Å². The van der Waals surface area contributed by atoms with E-state index in [1.165, 1.54) is 28.8 Å². The molecule has 1 unspecified atom stereocenters. The lowest BCUT2D eigenvalue weighted by Crippen LogP contribution is -2.30. The van der Waals surface area contributed by atoms with E-state index in [1.807, 2.05) is 17.5 Å². The summed E-state index contributed by atoms with van der Waals surface area (Å²) in [5.41, 5.74) is 0.0701. The van der Waals surface area contributed by atoms with E-state index in [4.69, 9.17) is 0 Å². The van der Waals surface area contributed by atoms with E-state index in [-0.39, 0.29) is 11.3 Å². The molecule has 1 atom stereocenters. The molecule has 0 bridgehead atoms. The number of hydrogen-bond donors (Lipinski definition) is 0. The summed E-state index contributed by atoms with van der Waals surface area (Å²) in [5, 5.41) is 1.79. The Morgan fingerprint density at radius 3 is 2.52 bits per heavy atom. The van der Waals surface area contributed by atoms with E-state index in [9.17, 15) is 18.0 Å². The monoisotopic (exact) mass is 357 g/mol. The molecule has 1 aromatic carbocycles. The summed E-state index contributed by atoms with van der Waals surface area (Å²) in [7, 11) is 0. The number of carbonyl (C=O) groups excluding carboxylic acids is 1. The zero-order valence-corrected chi connectivity index (χ0v) is 13.7. The van der Waals surface area contributed by atoms with Crippen molar-refractivity contribution in [2.75, 3.05) is 12.3 Å². The molecule has 2 nitrogen and oxygen atoms in total. The van der Waals surface area contributed by atoms with Crippen molar-refractivity contribution >= 4 is 29.0 Å². The van der Waals surface area contributed by atoms with Gasteiger partial charge in [-0.2, -0.15) is 13.2 Å². The van der Waals surface area contributed by atoms with Crippen LogP contribution < -0.4 is 0 Å². The van der Waals surface area contributed by atoms with Gasteiger partial charge < -0.3 is 4.90 Å². The van der Waals surface area contributed by atoms with Gasteiger partial charge in [-0.25, -0.2) is 0 Å².